The zero-order valence-electron chi connectivity index (χ0n) is 27.6. The number of benzene rings is 2. The number of aromatic nitrogens is 4. The Labute approximate surface area is 290 Å². The topological polar surface area (TPSA) is 192 Å². The van der Waals surface area contributed by atoms with Crippen LogP contribution < -0.4 is 10.6 Å². The molecule has 2 aromatic carbocycles. The van der Waals surface area contributed by atoms with E-state index in [9.17, 15) is 9.59 Å². The van der Waals surface area contributed by atoms with Gasteiger partial charge in [-0.15, -0.1) is 0 Å². The number of amides is 2. The Hall–Kier alpha value is -7.32. The minimum atomic E-state index is -0.273. The number of hydrogen-bond acceptors (Lipinski definition) is 10. The van der Waals surface area contributed by atoms with E-state index in [2.05, 4.69) is 37.0 Å². The molecular formula is C37H28N10O4. The highest BCUT2D eigenvalue weighted by molar-refractivity contribution is 6.16. The van der Waals surface area contributed by atoms with E-state index in [1.54, 1.807) is 73.5 Å². The largest absolute Gasteiger partial charge is 0.364 e. The van der Waals surface area contributed by atoms with E-state index in [0.29, 0.717) is 52.5 Å². The fourth-order valence-electron chi connectivity index (χ4n) is 6.09. The van der Waals surface area contributed by atoms with Crippen LogP contribution in [0.2, 0.25) is 0 Å². The monoisotopic (exact) mass is 676 g/mol. The van der Waals surface area contributed by atoms with Gasteiger partial charge in [0.05, 0.1) is 59.2 Å². The van der Waals surface area contributed by atoms with E-state index in [0.717, 1.165) is 44.8 Å². The van der Waals surface area contributed by atoms with Crippen LogP contribution in [0.5, 0.6) is 0 Å². The van der Waals surface area contributed by atoms with Crippen molar-refractivity contribution in [3.63, 3.8) is 0 Å². The number of carbonyl (C=O) groups is 2. The average Bonchev–Trinajstić information content (AvgIpc) is 3.97. The molecule has 6 aromatic rings. The number of hydrogen-bond donors (Lipinski definition) is 2. The van der Waals surface area contributed by atoms with E-state index in [4.69, 9.17) is 19.6 Å². The summed E-state index contributed by atoms with van der Waals surface area (Å²) < 4.78 is 13.1. The third-order valence-electron chi connectivity index (χ3n) is 8.61. The van der Waals surface area contributed by atoms with Crippen LogP contribution in [0.4, 0.5) is 11.4 Å². The summed E-state index contributed by atoms with van der Waals surface area (Å²) in [6.07, 6.45) is 9.61. The highest BCUT2D eigenvalue weighted by atomic mass is 16.5. The molecule has 0 spiro atoms. The normalized spacial score (nSPS) is 12.4. The van der Waals surface area contributed by atoms with Crippen LogP contribution in [-0.2, 0) is 27.2 Å². The van der Waals surface area contributed by atoms with E-state index in [-0.39, 0.29) is 11.8 Å². The van der Waals surface area contributed by atoms with Crippen LogP contribution in [0.15, 0.2) is 98.8 Å². The second-order valence-corrected chi connectivity index (χ2v) is 11.9. The Bertz CT molecular complexity index is 2470. The minimum Gasteiger partial charge on any atom is -0.364 e. The summed E-state index contributed by atoms with van der Waals surface area (Å²) in [6.45, 7) is 2.95. The SMILES string of the molecule is Cc1c(C#N)cn(C)c1C(=O)Nc1ccc2c(c1)C(c1cnoc1)=NC2.Cn1cc(C#N)cc1C(=O)Nc1ccc2c(c1)C(c1cnoc1)=NC2. The lowest BCUT2D eigenvalue weighted by molar-refractivity contribution is 0.101. The quantitative estimate of drug-likeness (QED) is 0.238. The molecule has 0 fully saturated rings. The van der Waals surface area contributed by atoms with E-state index in [1.165, 1.54) is 0 Å². The fourth-order valence-corrected chi connectivity index (χ4v) is 6.09. The first-order chi connectivity index (χ1) is 24.7. The lowest BCUT2D eigenvalue weighted by Crippen LogP contribution is -2.17. The number of fused-ring (bicyclic) bond motifs is 2. The summed E-state index contributed by atoms with van der Waals surface area (Å²) in [4.78, 5) is 34.2. The number of nitrogens with one attached hydrogen (secondary N) is 2. The molecule has 4 aromatic heterocycles. The molecule has 0 unspecified atom stereocenters. The number of nitrogens with zero attached hydrogens (tertiary/aromatic N) is 8. The van der Waals surface area contributed by atoms with E-state index >= 15 is 0 Å². The van der Waals surface area contributed by atoms with Crippen molar-refractivity contribution in [1.82, 2.24) is 19.4 Å². The Balaban J connectivity index is 0.000000159. The summed E-state index contributed by atoms with van der Waals surface area (Å²) in [5.41, 5.74) is 11.1. The summed E-state index contributed by atoms with van der Waals surface area (Å²) in [7, 11) is 3.48. The van der Waals surface area contributed by atoms with Crippen molar-refractivity contribution in [2.45, 2.75) is 20.0 Å². The number of aryl methyl sites for hydroxylation is 2. The standard InChI is InChI=1S/C19H15N5O2.C18H13N5O2/c1-11-13(6-20)9-24(2)18(11)19(25)23-15-4-3-12-7-21-17(16(12)5-15)14-8-22-26-10-14;1-23-9-11(6-19)4-16(23)18(24)22-14-3-2-12-7-20-17(15(12)5-14)13-8-21-25-10-13/h3-5,8-10H,7H2,1-2H3,(H,23,25);2-5,8-10H,7H2,1H3,(H,22,24). The molecule has 0 aliphatic carbocycles. The highest BCUT2D eigenvalue weighted by Crippen LogP contribution is 2.28. The van der Waals surface area contributed by atoms with Gasteiger partial charge in [-0.25, -0.2) is 0 Å². The van der Waals surface area contributed by atoms with Gasteiger partial charge >= 0.3 is 0 Å². The Morgan fingerprint density at radius 3 is 1.80 bits per heavy atom. The molecule has 6 heterocycles. The first kappa shape index (κ1) is 32.2. The third-order valence-corrected chi connectivity index (χ3v) is 8.61. The molecular weight excluding hydrogens is 648 g/mol. The lowest BCUT2D eigenvalue weighted by Gasteiger charge is -2.10. The smallest absolute Gasteiger partial charge is 0.272 e. The first-order valence-electron chi connectivity index (χ1n) is 15.6. The highest BCUT2D eigenvalue weighted by Gasteiger charge is 2.23. The summed E-state index contributed by atoms with van der Waals surface area (Å²) in [5, 5.41) is 31.3. The van der Waals surface area contributed by atoms with Crippen LogP contribution in [0.1, 0.15) is 71.0 Å². The van der Waals surface area contributed by atoms with Gasteiger partial charge in [0.1, 0.15) is 36.1 Å². The molecule has 250 valence electrons. The predicted octanol–water partition coefficient (Wildman–Crippen LogP) is 5.28. The molecule has 0 atom stereocenters. The van der Waals surface area contributed by atoms with Gasteiger partial charge in [0.15, 0.2) is 0 Å². The summed E-state index contributed by atoms with van der Waals surface area (Å²) >= 11 is 0. The Morgan fingerprint density at radius 2 is 1.33 bits per heavy atom. The molecule has 51 heavy (non-hydrogen) atoms. The zero-order chi connectivity index (χ0) is 35.6. The van der Waals surface area contributed by atoms with Gasteiger partial charge < -0.3 is 28.8 Å². The number of anilines is 2. The van der Waals surface area contributed by atoms with Crippen molar-refractivity contribution < 1.29 is 18.6 Å². The van der Waals surface area contributed by atoms with Crippen LogP contribution in [0.3, 0.4) is 0 Å². The number of rotatable bonds is 6. The third kappa shape index (κ3) is 6.21. The molecule has 2 N–H and O–H groups in total. The molecule has 0 bridgehead atoms. The van der Waals surface area contributed by atoms with E-state index < -0.39 is 0 Å². The van der Waals surface area contributed by atoms with Gasteiger partial charge in [0, 0.05) is 49.0 Å². The van der Waals surface area contributed by atoms with Gasteiger partial charge in [0.25, 0.3) is 11.8 Å². The number of nitriles is 2. The van der Waals surface area contributed by atoms with Crippen molar-refractivity contribution >= 4 is 34.6 Å². The maximum atomic E-state index is 12.7. The minimum absolute atomic E-state index is 0.257. The Morgan fingerprint density at radius 1 is 0.765 bits per heavy atom. The van der Waals surface area contributed by atoms with Crippen LogP contribution in [-0.4, -0.2) is 42.7 Å². The van der Waals surface area contributed by atoms with Crippen LogP contribution in [0.25, 0.3) is 0 Å². The molecule has 2 aliphatic heterocycles. The van der Waals surface area contributed by atoms with Crippen LogP contribution >= 0.6 is 0 Å². The first-order valence-corrected chi connectivity index (χ1v) is 15.6. The molecule has 14 nitrogen and oxygen atoms in total. The molecule has 2 amide bonds. The van der Waals surface area contributed by atoms with Crippen molar-refractivity contribution in [2.75, 3.05) is 10.6 Å². The summed E-state index contributed by atoms with van der Waals surface area (Å²) in [6, 6.07) is 17.1. The van der Waals surface area contributed by atoms with Crippen molar-refractivity contribution in [3.8, 4) is 12.1 Å². The van der Waals surface area contributed by atoms with Crippen molar-refractivity contribution in [2.24, 2.45) is 24.1 Å². The summed E-state index contributed by atoms with van der Waals surface area (Å²) in [5.74, 6) is -0.529. The van der Waals surface area contributed by atoms with Crippen molar-refractivity contribution in [1.29, 1.82) is 10.5 Å². The molecule has 2 aliphatic rings. The fraction of sp³-hybridized carbons (Fsp3) is 0.135. The molecule has 8 rings (SSSR count). The molecule has 0 radical (unpaired) electrons. The van der Waals surface area contributed by atoms with E-state index in [1.807, 2.05) is 42.5 Å². The average molecular weight is 677 g/mol. The molecule has 0 saturated heterocycles. The zero-order valence-corrected chi connectivity index (χ0v) is 27.6. The second kappa shape index (κ2) is 13.3. The van der Waals surface area contributed by atoms with Gasteiger partial charge in [-0.05, 0) is 53.9 Å². The molecule has 0 saturated carbocycles. The molecule has 14 heteroatoms. The maximum absolute atomic E-state index is 12.7. The lowest BCUT2D eigenvalue weighted by atomic mass is 10.0. The van der Waals surface area contributed by atoms with Crippen molar-refractivity contribution in [3.05, 3.63) is 141 Å². The van der Waals surface area contributed by atoms with Gasteiger partial charge in [-0.3, -0.25) is 19.6 Å². The number of carbonyl (C=O) groups excluding carboxylic acids is 2. The predicted molar refractivity (Wildman–Crippen MR) is 185 cm³/mol. The van der Waals surface area contributed by atoms with Gasteiger partial charge in [-0.1, -0.05) is 22.4 Å². The number of aliphatic imine (C=N–C) groups is 2. The maximum Gasteiger partial charge on any atom is 0.272 e. The second-order valence-electron chi connectivity index (χ2n) is 11.9. The Kier molecular flexibility index (Phi) is 8.40. The van der Waals surface area contributed by atoms with Gasteiger partial charge in [-0.2, -0.15) is 10.5 Å². The van der Waals surface area contributed by atoms with Crippen LogP contribution in [0, 0.1) is 29.6 Å². The van der Waals surface area contributed by atoms with Gasteiger partial charge in [0.2, 0.25) is 0 Å².